The highest BCUT2D eigenvalue weighted by Gasteiger charge is 2.28. The van der Waals surface area contributed by atoms with Crippen molar-refractivity contribution in [1.29, 1.82) is 0 Å². The summed E-state index contributed by atoms with van der Waals surface area (Å²) in [6.45, 7) is 8.96. The van der Waals surface area contributed by atoms with Crippen LogP contribution in [0, 0.1) is 0 Å². The van der Waals surface area contributed by atoms with Crippen molar-refractivity contribution < 1.29 is 14.3 Å². The number of hydrogen-bond donors (Lipinski definition) is 1. The molecule has 1 N–H and O–H groups in total. The molecule has 1 aromatic heterocycles. The van der Waals surface area contributed by atoms with Gasteiger partial charge in [0.25, 0.3) is 0 Å². The first-order chi connectivity index (χ1) is 10.7. The number of alkyl carbamates (subject to hydrolysis) is 1. The molecular formula is C16H24ClN3O3. The van der Waals surface area contributed by atoms with Gasteiger partial charge in [0.05, 0.1) is 6.04 Å². The number of hydrogen-bond acceptors (Lipinski definition) is 3. The van der Waals surface area contributed by atoms with E-state index in [9.17, 15) is 9.59 Å². The Labute approximate surface area is 141 Å². The van der Waals surface area contributed by atoms with E-state index in [1.165, 1.54) is 0 Å². The topological polar surface area (TPSA) is 63.6 Å². The molecule has 0 spiro atoms. The van der Waals surface area contributed by atoms with Crippen LogP contribution in [0.3, 0.4) is 0 Å². The molecule has 1 aliphatic heterocycles. The van der Waals surface area contributed by atoms with E-state index >= 15 is 0 Å². The van der Waals surface area contributed by atoms with Crippen LogP contribution < -0.4 is 5.32 Å². The third kappa shape index (κ3) is 4.41. The molecule has 2 heterocycles. The molecule has 7 heteroatoms. The van der Waals surface area contributed by atoms with Gasteiger partial charge in [0, 0.05) is 31.7 Å². The predicted octanol–water partition coefficient (Wildman–Crippen LogP) is 2.96. The molecule has 6 nitrogen and oxygen atoms in total. The molecule has 2 amide bonds. The molecule has 2 rings (SSSR count). The molecule has 0 saturated heterocycles. The van der Waals surface area contributed by atoms with Gasteiger partial charge in [-0.25, -0.2) is 4.79 Å². The van der Waals surface area contributed by atoms with E-state index in [-0.39, 0.29) is 24.9 Å². The van der Waals surface area contributed by atoms with Crippen molar-refractivity contribution in [1.82, 2.24) is 14.8 Å². The van der Waals surface area contributed by atoms with E-state index in [0.717, 1.165) is 5.69 Å². The highest BCUT2D eigenvalue weighted by molar-refractivity contribution is 6.29. The van der Waals surface area contributed by atoms with Crippen molar-refractivity contribution in [2.24, 2.45) is 0 Å². The lowest BCUT2D eigenvalue weighted by Gasteiger charge is -2.35. The Morgan fingerprint density at radius 3 is 2.70 bits per heavy atom. The van der Waals surface area contributed by atoms with Crippen molar-refractivity contribution in [3.05, 3.63) is 23.0 Å². The van der Waals surface area contributed by atoms with Crippen LogP contribution in [0.2, 0.25) is 5.15 Å². The number of nitrogens with zero attached hydrogens (tertiary/aromatic N) is 2. The molecule has 1 atom stereocenters. The lowest BCUT2D eigenvalue weighted by Crippen LogP contribution is -2.42. The zero-order chi connectivity index (χ0) is 17.2. The van der Waals surface area contributed by atoms with E-state index in [1.807, 2.05) is 28.5 Å². The van der Waals surface area contributed by atoms with Crippen LogP contribution in [-0.4, -0.2) is 40.2 Å². The Kier molecular flexibility index (Phi) is 5.24. The number of halogens is 1. The van der Waals surface area contributed by atoms with E-state index in [0.29, 0.717) is 18.2 Å². The number of nitrogens with one attached hydrogen (secondary N) is 1. The largest absolute Gasteiger partial charge is 0.444 e. The molecular weight excluding hydrogens is 318 g/mol. The summed E-state index contributed by atoms with van der Waals surface area (Å²) in [6.07, 6.45) is -0.254. The average molecular weight is 342 g/mol. The van der Waals surface area contributed by atoms with Crippen LogP contribution in [0.15, 0.2) is 12.1 Å². The molecule has 23 heavy (non-hydrogen) atoms. The van der Waals surface area contributed by atoms with Crippen LogP contribution in [-0.2, 0) is 16.1 Å². The van der Waals surface area contributed by atoms with Gasteiger partial charge < -0.3 is 19.5 Å². The van der Waals surface area contributed by atoms with Gasteiger partial charge in [-0.05, 0) is 39.8 Å². The van der Waals surface area contributed by atoms with Gasteiger partial charge >= 0.3 is 6.09 Å². The summed E-state index contributed by atoms with van der Waals surface area (Å²) < 4.78 is 7.17. The minimum atomic E-state index is -0.542. The number of carbonyl (C=O) groups is 2. The van der Waals surface area contributed by atoms with E-state index in [1.54, 1.807) is 20.8 Å². The number of amides is 2. The van der Waals surface area contributed by atoms with Gasteiger partial charge in [0.1, 0.15) is 10.8 Å². The molecule has 1 aliphatic rings. The van der Waals surface area contributed by atoms with Crippen LogP contribution in [0.1, 0.15) is 45.9 Å². The first-order valence-corrected chi connectivity index (χ1v) is 8.18. The zero-order valence-corrected chi connectivity index (χ0v) is 14.8. The van der Waals surface area contributed by atoms with Gasteiger partial charge in [-0.15, -0.1) is 0 Å². The molecule has 1 aromatic rings. The second-order valence-electron chi connectivity index (χ2n) is 6.67. The van der Waals surface area contributed by atoms with E-state index < -0.39 is 11.7 Å². The maximum atomic E-state index is 12.4. The minimum absolute atomic E-state index is 0.0112. The number of aromatic nitrogens is 1. The Morgan fingerprint density at radius 1 is 1.35 bits per heavy atom. The highest BCUT2D eigenvalue weighted by Crippen LogP contribution is 2.29. The second-order valence-corrected chi connectivity index (χ2v) is 7.06. The fourth-order valence-corrected chi connectivity index (χ4v) is 2.93. The SMILES string of the molecule is CC1c2ccc(Cl)n2CCN1C(=O)CCNC(=O)OC(C)(C)C. The van der Waals surface area contributed by atoms with Crippen LogP contribution in [0.5, 0.6) is 0 Å². The third-order valence-electron chi connectivity index (χ3n) is 3.75. The predicted molar refractivity (Wildman–Crippen MR) is 88.4 cm³/mol. The fourth-order valence-electron chi connectivity index (χ4n) is 2.69. The number of fused-ring (bicyclic) bond motifs is 1. The minimum Gasteiger partial charge on any atom is -0.444 e. The second kappa shape index (κ2) is 6.83. The van der Waals surface area contributed by atoms with E-state index in [4.69, 9.17) is 16.3 Å². The lowest BCUT2D eigenvalue weighted by molar-refractivity contribution is -0.134. The quantitative estimate of drug-likeness (QED) is 0.919. The maximum Gasteiger partial charge on any atom is 0.407 e. The Hall–Kier alpha value is -1.69. The summed E-state index contributed by atoms with van der Waals surface area (Å²) in [5, 5.41) is 3.31. The molecule has 0 aromatic carbocycles. The summed E-state index contributed by atoms with van der Waals surface area (Å²) in [5.41, 5.74) is 0.495. The van der Waals surface area contributed by atoms with Gasteiger partial charge in [-0.3, -0.25) is 4.79 Å². The normalized spacial score (nSPS) is 17.6. The highest BCUT2D eigenvalue weighted by atomic mass is 35.5. The van der Waals surface area contributed by atoms with Crippen molar-refractivity contribution >= 4 is 23.6 Å². The average Bonchev–Trinajstić information content (AvgIpc) is 2.79. The van der Waals surface area contributed by atoms with Gasteiger partial charge in [-0.1, -0.05) is 11.6 Å². The van der Waals surface area contributed by atoms with Gasteiger partial charge in [0.2, 0.25) is 5.91 Å². The van der Waals surface area contributed by atoms with Crippen molar-refractivity contribution in [3.63, 3.8) is 0 Å². The summed E-state index contributed by atoms with van der Waals surface area (Å²) in [5.74, 6) is 0.0112. The molecule has 1 unspecified atom stereocenters. The maximum absolute atomic E-state index is 12.4. The molecule has 128 valence electrons. The first-order valence-electron chi connectivity index (χ1n) is 7.80. The summed E-state index contributed by atoms with van der Waals surface area (Å²) in [7, 11) is 0. The van der Waals surface area contributed by atoms with Gasteiger partial charge in [0.15, 0.2) is 0 Å². The molecule has 0 aliphatic carbocycles. The number of ether oxygens (including phenoxy) is 1. The summed E-state index contributed by atoms with van der Waals surface area (Å²) >= 11 is 6.12. The Balaban J connectivity index is 1.84. The fraction of sp³-hybridized carbons (Fsp3) is 0.625. The van der Waals surface area contributed by atoms with Crippen LogP contribution in [0.25, 0.3) is 0 Å². The van der Waals surface area contributed by atoms with Crippen LogP contribution >= 0.6 is 11.6 Å². The molecule has 0 radical (unpaired) electrons. The lowest BCUT2D eigenvalue weighted by atomic mass is 10.1. The molecule has 0 fully saturated rings. The molecule has 0 bridgehead atoms. The number of rotatable bonds is 3. The number of carbonyl (C=O) groups excluding carboxylic acids is 2. The first kappa shape index (κ1) is 17.7. The smallest absolute Gasteiger partial charge is 0.407 e. The third-order valence-corrected chi connectivity index (χ3v) is 4.08. The van der Waals surface area contributed by atoms with Gasteiger partial charge in [-0.2, -0.15) is 0 Å². The van der Waals surface area contributed by atoms with E-state index in [2.05, 4.69) is 5.32 Å². The van der Waals surface area contributed by atoms with Crippen LogP contribution in [0.4, 0.5) is 4.79 Å². The van der Waals surface area contributed by atoms with Crippen molar-refractivity contribution in [2.75, 3.05) is 13.1 Å². The monoisotopic (exact) mass is 341 g/mol. The standard InChI is InChI=1S/C16H24ClN3O3/c1-11-12-5-6-13(17)20(12)10-9-19(11)14(21)7-8-18-15(22)23-16(2,3)4/h5-6,11H,7-10H2,1-4H3,(H,18,22). The van der Waals surface area contributed by atoms with Crippen molar-refractivity contribution in [3.8, 4) is 0 Å². The Morgan fingerprint density at radius 2 is 2.04 bits per heavy atom. The molecule has 0 saturated carbocycles. The zero-order valence-electron chi connectivity index (χ0n) is 14.1. The van der Waals surface area contributed by atoms with Crippen molar-refractivity contribution in [2.45, 2.75) is 52.3 Å². The Bertz CT molecular complexity index is 592. The summed E-state index contributed by atoms with van der Waals surface area (Å²) in [4.78, 5) is 25.8. The summed E-state index contributed by atoms with van der Waals surface area (Å²) in [6, 6.07) is 3.78.